The van der Waals surface area contributed by atoms with Crippen molar-refractivity contribution in [3.63, 3.8) is 0 Å². The molecule has 0 radical (unpaired) electrons. The predicted octanol–water partition coefficient (Wildman–Crippen LogP) is 2.41. The molecule has 1 aromatic carbocycles. The van der Waals surface area contributed by atoms with Crippen molar-refractivity contribution in [3.05, 3.63) is 29.8 Å². The SMILES string of the molecule is CC(=O)N1[C@@H](C(=O)NC2CCCC2)CS[C@@H]1c1ccccc1O. The topological polar surface area (TPSA) is 69.6 Å². The van der Waals surface area contributed by atoms with Crippen molar-refractivity contribution in [1.29, 1.82) is 0 Å². The van der Waals surface area contributed by atoms with Crippen molar-refractivity contribution in [1.82, 2.24) is 10.2 Å². The third kappa shape index (κ3) is 3.32. The maximum atomic E-state index is 12.6. The van der Waals surface area contributed by atoms with Crippen molar-refractivity contribution in [3.8, 4) is 5.75 Å². The van der Waals surface area contributed by atoms with E-state index in [1.54, 1.807) is 23.1 Å². The molecule has 1 aliphatic heterocycles. The van der Waals surface area contributed by atoms with E-state index in [0.29, 0.717) is 11.3 Å². The first-order chi connectivity index (χ1) is 11.1. The summed E-state index contributed by atoms with van der Waals surface area (Å²) in [6.07, 6.45) is 4.35. The minimum atomic E-state index is -0.470. The number of carbonyl (C=O) groups excluding carboxylic acids is 2. The molecule has 1 aromatic rings. The smallest absolute Gasteiger partial charge is 0.243 e. The monoisotopic (exact) mass is 334 g/mol. The van der Waals surface area contributed by atoms with Crippen LogP contribution in [-0.4, -0.2) is 39.7 Å². The van der Waals surface area contributed by atoms with E-state index in [1.165, 1.54) is 18.7 Å². The number of phenolic OH excluding ortho intramolecular Hbond substituents is 1. The molecule has 6 heteroatoms. The quantitative estimate of drug-likeness (QED) is 0.891. The van der Waals surface area contributed by atoms with Gasteiger partial charge < -0.3 is 15.3 Å². The van der Waals surface area contributed by atoms with Crippen LogP contribution in [0.15, 0.2) is 24.3 Å². The number of benzene rings is 1. The Bertz CT molecular complexity index is 601. The molecule has 0 spiro atoms. The van der Waals surface area contributed by atoms with Crippen molar-refractivity contribution in [2.75, 3.05) is 5.75 Å². The van der Waals surface area contributed by atoms with Gasteiger partial charge in [-0.2, -0.15) is 0 Å². The van der Waals surface area contributed by atoms with Gasteiger partial charge in [0, 0.05) is 24.3 Å². The fourth-order valence-corrected chi connectivity index (χ4v) is 4.91. The molecule has 3 rings (SSSR count). The highest BCUT2D eigenvalue weighted by molar-refractivity contribution is 7.99. The molecule has 5 nitrogen and oxygen atoms in total. The van der Waals surface area contributed by atoms with Gasteiger partial charge in [-0.25, -0.2) is 0 Å². The fraction of sp³-hybridized carbons (Fsp3) is 0.529. The molecule has 124 valence electrons. The Balaban J connectivity index is 1.78. The molecule has 0 unspecified atom stereocenters. The highest BCUT2D eigenvalue weighted by Crippen LogP contribution is 2.44. The predicted molar refractivity (Wildman–Crippen MR) is 90.0 cm³/mol. The van der Waals surface area contributed by atoms with Crippen LogP contribution in [0.5, 0.6) is 5.75 Å². The van der Waals surface area contributed by atoms with Crippen LogP contribution in [-0.2, 0) is 9.59 Å². The summed E-state index contributed by atoms with van der Waals surface area (Å²) in [5.41, 5.74) is 0.684. The minimum absolute atomic E-state index is 0.0717. The lowest BCUT2D eigenvalue weighted by molar-refractivity contribution is -0.138. The standard InChI is InChI=1S/C17H22N2O3S/c1-11(20)19-14(16(22)18-12-6-2-3-7-12)10-23-17(19)13-8-4-5-9-15(13)21/h4-5,8-9,12,14,17,21H,2-3,6-7,10H2,1H3,(H,18,22)/t14-,17-/m1/s1. The molecule has 2 N–H and O–H groups in total. The maximum Gasteiger partial charge on any atom is 0.243 e. The number of hydrogen-bond acceptors (Lipinski definition) is 4. The first kappa shape index (κ1) is 16.2. The number of thioether (sulfide) groups is 1. The number of carbonyl (C=O) groups is 2. The van der Waals surface area contributed by atoms with Gasteiger partial charge in [-0.05, 0) is 18.9 Å². The third-order valence-corrected chi connectivity index (χ3v) is 5.88. The summed E-state index contributed by atoms with van der Waals surface area (Å²) in [6.45, 7) is 1.48. The molecule has 23 heavy (non-hydrogen) atoms. The number of amides is 2. The fourth-order valence-electron chi connectivity index (χ4n) is 3.40. The third-order valence-electron chi connectivity index (χ3n) is 4.57. The van der Waals surface area contributed by atoms with E-state index < -0.39 is 6.04 Å². The van der Waals surface area contributed by atoms with Gasteiger partial charge in [0.05, 0.1) is 0 Å². The van der Waals surface area contributed by atoms with E-state index in [2.05, 4.69) is 5.32 Å². The van der Waals surface area contributed by atoms with Crippen LogP contribution < -0.4 is 5.32 Å². The second-order valence-corrected chi connectivity index (χ2v) is 7.29. The van der Waals surface area contributed by atoms with Crippen molar-refractivity contribution in [2.45, 2.75) is 50.1 Å². The number of aromatic hydroxyl groups is 1. The molecule has 2 amide bonds. The van der Waals surface area contributed by atoms with Gasteiger partial charge in [-0.15, -0.1) is 11.8 Å². The van der Waals surface area contributed by atoms with E-state index >= 15 is 0 Å². The highest BCUT2D eigenvalue weighted by Gasteiger charge is 2.42. The van der Waals surface area contributed by atoms with Gasteiger partial charge >= 0.3 is 0 Å². The summed E-state index contributed by atoms with van der Waals surface area (Å²) in [5.74, 6) is 0.498. The summed E-state index contributed by atoms with van der Waals surface area (Å²) >= 11 is 1.52. The van der Waals surface area contributed by atoms with Crippen LogP contribution in [0.25, 0.3) is 0 Å². The zero-order valence-corrected chi connectivity index (χ0v) is 14.0. The van der Waals surface area contributed by atoms with Gasteiger partial charge in [0.1, 0.15) is 17.2 Å². The Morgan fingerprint density at radius 2 is 1.96 bits per heavy atom. The highest BCUT2D eigenvalue weighted by atomic mass is 32.2. The maximum absolute atomic E-state index is 12.6. The summed E-state index contributed by atoms with van der Waals surface area (Å²) in [6, 6.07) is 6.77. The molecule has 1 aliphatic carbocycles. The van der Waals surface area contributed by atoms with Gasteiger partial charge in [0.2, 0.25) is 11.8 Å². The van der Waals surface area contributed by atoms with Crippen LogP contribution in [0, 0.1) is 0 Å². The lowest BCUT2D eigenvalue weighted by Gasteiger charge is -2.29. The van der Waals surface area contributed by atoms with Gasteiger partial charge in [0.15, 0.2) is 0 Å². The van der Waals surface area contributed by atoms with Gasteiger partial charge in [0.25, 0.3) is 0 Å². The summed E-state index contributed by atoms with van der Waals surface area (Å²) < 4.78 is 0. The zero-order valence-electron chi connectivity index (χ0n) is 13.2. The number of rotatable bonds is 3. The lowest BCUT2D eigenvalue weighted by Crippen LogP contribution is -2.49. The van der Waals surface area contributed by atoms with Crippen LogP contribution >= 0.6 is 11.8 Å². The van der Waals surface area contributed by atoms with Crippen LogP contribution in [0.3, 0.4) is 0 Å². The Morgan fingerprint density at radius 1 is 1.26 bits per heavy atom. The van der Waals surface area contributed by atoms with E-state index in [0.717, 1.165) is 25.7 Å². The Morgan fingerprint density at radius 3 is 2.61 bits per heavy atom. The van der Waals surface area contributed by atoms with E-state index in [1.807, 2.05) is 6.07 Å². The van der Waals surface area contributed by atoms with Gasteiger partial charge in [-0.3, -0.25) is 9.59 Å². The second kappa shape index (κ2) is 6.83. The van der Waals surface area contributed by atoms with Crippen LogP contribution in [0.1, 0.15) is 43.5 Å². The summed E-state index contributed by atoms with van der Waals surface area (Å²) in [7, 11) is 0. The molecule has 1 saturated carbocycles. The normalized spacial score (nSPS) is 24.8. The molecule has 2 atom stereocenters. The van der Waals surface area contributed by atoms with Crippen molar-refractivity contribution < 1.29 is 14.7 Å². The number of hydrogen-bond donors (Lipinski definition) is 2. The van der Waals surface area contributed by atoms with Gasteiger partial charge in [-0.1, -0.05) is 31.0 Å². The first-order valence-electron chi connectivity index (χ1n) is 8.06. The summed E-state index contributed by atoms with van der Waals surface area (Å²) in [5, 5.41) is 12.8. The average Bonchev–Trinajstić information content (AvgIpc) is 3.16. The Hall–Kier alpha value is -1.69. The van der Waals surface area contributed by atoms with E-state index in [-0.39, 0.29) is 29.0 Å². The van der Waals surface area contributed by atoms with Crippen LogP contribution in [0.4, 0.5) is 0 Å². The van der Waals surface area contributed by atoms with E-state index in [9.17, 15) is 14.7 Å². The zero-order chi connectivity index (χ0) is 16.4. The Labute approximate surface area is 140 Å². The molecular formula is C17H22N2O3S. The molecule has 2 aliphatic rings. The lowest BCUT2D eigenvalue weighted by atomic mass is 10.1. The van der Waals surface area contributed by atoms with Crippen molar-refractivity contribution in [2.24, 2.45) is 0 Å². The molecular weight excluding hydrogens is 312 g/mol. The summed E-state index contributed by atoms with van der Waals surface area (Å²) in [4.78, 5) is 26.3. The molecule has 1 heterocycles. The minimum Gasteiger partial charge on any atom is -0.508 e. The largest absolute Gasteiger partial charge is 0.508 e. The number of phenols is 1. The second-order valence-electron chi connectivity index (χ2n) is 6.18. The molecule has 0 bridgehead atoms. The Kier molecular flexibility index (Phi) is 4.80. The number of nitrogens with one attached hydrogen (secondary N) is 1. The van der Waals surface area contributed by atoms with Crippen molar-refractivity contribution >= 4 is 23.6 Å². The van der Waals surface area contributed by atoms with Crippen LogP contribution in [0.2, 0.25) is 0 Å². The number of para-hydroxylation sites is 1. The molecule has 0 aromatic heterocycles. The average molecular weight is 334 g/mol. The number of nitrogens with zero attached hydrogens (tertiary/aromatic N) is 1. The molecule has 1 saturated heterocycles. The first-order valence-corrected chi connectivity index (χ1v) is 9.11. The molecule has 2 fully saturated rings. The van der Waals surface area contributed by atoms with E-state index in [4.69, 9.17) is 0 Å².